The fourth-order valence-corrected chi connectivity index (χ4v) is 8.34. The van der Waals surface area contributed by atoms with Gasteiger partial charge in [0.05, 0.1) is 57.1 Å². The standard InChI is InChI=1S/C49H27F9N4/c1-26-4-13-42-36(18-26)39-21-29(47(50,51)52)8-16-43(39)61(42)32-10-12-33(34-11-7-31(49(56,57)58)23-41(34)60-3)35(24-32)38-20-28(25-59)6-15-45(38)62-44-14-5-27(2)19-37(44)40-22-30(48(53,54)55)9-17-46(40)62/h4-24H,1-2H3. The van der Waals surface area contributed by atoms with Crippen molar-refractivity contribution in [3.8, 4) is 39.7 Å². The average Bonchev–Trinajstić information content (AvgIpc) is 3.73. The van der Waals surface area contributed by atoms with Crippen molar-refractivity contribution in [1.82, 2.24) is 9.13 Å². The molecule has 0 N–H and O–H groups in total. The fourth-order valence-electron chi connectivity index (χ4n) is 8.34. The number of hydrogen-bond acceptors (Lipinski definition) is 1. The van der Waals surface area contributed by atoms with Gasteiger partial charge in [-0.15, -0.1) is 0 Å². The zero-order chi connectivity index (χ0) is 44.0. The van der Waals surface area contributed by atoms with E-state index in [1.807, 2.05) is 13.0 Å². The molecule has 0 atom stereocenters. The summed E-state index contributed by atoms with van der Waals surface area (Å²) in [6, 6.07) is 32.1. The summed E-state index contributed by atoms with van der Waals surface area (Å²) in [5.41, 5.74) is 2.34. The number of fused-ring (bicyclic) bond motifs is 6. The van der Waals surface area contributed by atoms with Crippen molar-refractivity contribution >= 4 is 49.3 Å². The number of rotatable bonds is 4. The Morgan fingerprint density at radius 2 is 0.935 bits per heavy atom. The van der Waals surface area contributed by atoms with Gasteiger partial charge in [0.2, 0.25) is 0 Å². The predicted molar refractivity (Wildman–Crippen MR) is 221 cm³/mol. The van der Waals surface area contributed by atoms with Crippen molar-refractivity contribution in [3.63, 3.8) is 0 Å². The Bertz CT molecular complexity index is 3420. The lowest BCUT2D eigenvalue weighted by Crippen LogP contribution is -2.05. The third-order valence-corrected chi connectivity index (χ3v) is 11.1. The number of benzene rings is 7. The molecule has 306 valence electrons. The van der Waals surface area contributed by atoms with E-state index >= 15 is 0 Å². The van der Waals surface area contributed by atoms with Crippen LogP contribution >= 0.6 is 0 Å². The maximum atomic E-state index is 14.1. The van der Waals surface area contributed by atoms with E-state index in [9.17, 15) is 44.8 Å². The first-order valence-corrected chi connectivity index (χ1v) is 18.9. The molecule has 0 unspecified atom stereocenters. The molecule has 0 aliphatic heterocycles. The molecule has 9 rings (SSSR count). The van der Waals surface area contributed by atoms with Gasteiger partial charge in [-0.1, -0.05) is 41.5 Å². The van der Waals surface area contributed by atoms with Crippen LogP contribution in [0.15, 0.2) is 127 Å². The van der Waals surface area contributed by atoms with E-state index in [0.29, 0.717) is 66.1 Å². The highest BCUT2D eigenvalue weighted by molar-refractivity contribution is 6.12. The molecule has 4 nitrogen and oxygen atoms in total. The minimum absolute atomic E-state index is 0.114. The van der Waals surface area contributed by atoms with Crippen molar-refractivity contribution in [2.75, 3.05) is 0 Å². The molecule has 0 saturated carbocycles. The minimum Gasteiger partial charge on any atom is -0.309 e. The largest absolute Gasteiger partial charge is 0.416 e. The summed E-state index contributed by atoms with van der Waals surface area (Å²) in [6.45, 7) is 11.6. The van der Waals surface area contributed by atoms with Gasteiger partial charge in [0.1, 0.15) is 0 Å². The Kier molecular flexibility index (Phi) is 9.03. The first kappa shape index (κ1) is 39.9. The second-order valence-corrected chi connectivity index (χ2v) is 15.1. The van der Waals surface area contributed by atoms with Gasteiger partial charge in [0.25, 0.3) is 0 Å². The van der Waals surface area contributed by atoms with Gasteiger partial charge in [0.15, 0.2) is 5.69 Å². The van der Waals surface area contributed by atoms with Crippen LogP contribution in [-0.2, 0) is 18.5 Å². The maximum absolute atomic E-state index is 14.1. The topological polar surface area (TPSA) is 38.0 Å². The Morgan fingerprint density at radius 3 is 1.45 bits per heavy atom. The molecule has 0 spiro atoms. The quantitative estimate of drug-likeness (QED) is 0.128. The summed E-state index contributed by atoms with van der Waals surface area (Å²) in [7, 11) is 0. The molecule has 0 bridgehead atoms. The van der Waals surface area contributed by atoms with Crippen LogP contribution in [0.25, 0.3) is 82.1 Å². The van der Waals surface area contributed by atoms with Gasteiger partial charge in [-0.3, -0.25) is 0 Å². The molecule has 62 heavy (non-hydrogen) atoms. The lowest BCUT2D eigenvalue weighted by atomic mass is 9.90. The summed E-state index contributed by atoms with van der Waals surface area (Å²) in [4.78, 5) is 3.47. The van der Waals surface area contributed by atoms with Gasteiger partial charge >= 0.3 is 18.5 Å². The highest BCUT2D eigenvalue weighted by atomic mass is 19.4. The molecule has 13 heteroatoms. The smallest absolute Gasteiger partial charge is 0.309 e. The molecule has 7 aromatic carbocycles. The molecule has 2 aromatic heterocycles. The summed E-state index contributed by atoms with van der Waals surface area (Å²) in [6.07, 6.45) is -14.0. The number of aromatic nitrogens is 2. The second-order valence-electron chi connectivity index (χ2n) is 15.1. The van der Waals surface area contributed by atoms with Crippen molar-refractivity contribution in [3.05, 3.63) is 172 Å². The van der Waals surface area contributed by atoms with Crippen LogP contribution in [-0.4, -0.2) is 9.13 Å². The highest BCUT2D eigenvalue weighted by Crippen LogP contribution is 2.47. The van der Waals surface area contributed by atoms with Crippen molar-refractivity contribution in [2.24, 2.45) is 0 Å². The lowest BCUT2D eigenvalue weighted by Gasteiger charge is -2.20. The van der Waals surface area contributed by atoms with Crippen molar-refractivity contribution < 1.29 is 39.5 Å². The summed E-state index contributed by atoms with van der Waals surface area (Å²) < 4.78 is 130. The van der Waals surface area contributed by atoms with Crippen LogP contribution in [0.2, 0.25) is 0 Å². The van der Waals surface area contributed by atoms with Gasteiger partial charge < -0.3 is 9.13 Å². The highest BCUT2D eigenvalue weighted by Gasteiger charge is 2.34. The molecule has 0 fully saturated rings. The zero-order valence-corrected chi connectivity index (χ0v) is 32.3. The SMILES string of the molecule is [C-]#[N+]c1cc(C(F)(F)F)ccc1-c1ccc(-n2c3ccc(C)cc3c3cc(C(F)(F)F)ccc32)cc1-c1cc(C#N)ccc1-n1c2ccc(C)cc2c2cc(C(F)(F)F)ccc21. The lowest BCUT2D eigenvalue weighted by molar-refractivity contribution is -0.138. The monoisotopic (exact) mass is 842 g/mol. The molecule has 0 radical (unpaired) electrons. The number of nitrogens with zero attached hydrogens (tertiary/aromatic N) is 4. The van der Waals surface area contributed by atoms with Crippen LogP contribution in [0.1, 0.15) is 33.4 Å². The Hall–Kier alpha value is -7.51. The molecule has 0 amide bonds. The molecule has 2 heterocycles. The fraction of sp³-hybridized carbons (Fsp3) is 0.102. The second kappa shape index (κ2) is 14.0. The zero-order valence-electron chi connectivity index (χ0n) is 32.3. The van der Waals surface area contributed by atoms with Gasteiger partial charge in [0, 0.05) is 38.4 Å². The van der Waals surface area contributed by atoms with Crippen LogP contribution in [0.5, 0.6) is 0 Å². The van der Waals surface area contributed by atoms with Crippen LogP contribution < -0.4 is 0 Å². The average molecular weight is 843 g/mol. The van der Waals surface area contributed by atoms with Crippen LogP contribution in [0, 0.1) is 31.8 Å². The van der Waals surface area contributed by atoms with E-state index in [-0.39, 0.29) is 22.4 Å². The Balaban J connectivity index is 1.41. The first-order chi connectivity index (χ1) is 29.3. The van der Waals surface area contributed by atoms with Gasteiger partial charge in [-0.05, 0) is 128 Å². The molecule has 0 aliphatic carbocycles. The Labute approximate surface area is 346 Å². The van der Waals surface area contributed by atoms with E-state index in [1.165, 1.54) is 24.3 Å². The predicted octanol–water partition coefficient (Wildman–Crippen LogP) is 15.3. The van der Waals surface area contributed by atoms with Crippen molar-refractivity contribution in [1.29, 1.82) is 5.26 Å². The molecule has 0 saturated heterocycles. The molecule has 0 aliphatic rings. The van der Waals surface area contributed by atoms with E-state index in [4.69, 9.17) is 6.57 Å². The van der Waals surface area contributed by atoms with E-state index in [0.717, 1.165) is 47.5 Å². The number of hydrogen-bond donors (Lipinski definition) is 0. The summed E-state index contributed by atoms with van der Waals surface area (Å²) in [5.74, 6) is 0. The molecular formula is C49H27F9N4. The summed E-state index contributed by atoms with van der Waals surface area (Å²) in [5, 5.41) is 11.9. The normalized spacial score (nSPS) is 12.4. The number of nitriles is 1. The molecular weight excluding hydrogens is 816 g/mol. The summed E-state index contributed by atoms with van der Waals surface area (Å²) >= 11 is 0. The van der Waals surface area contributed by atoms with Gasteiger partial charge in [-0.25, -0.2) is 4.85 Å². The van der Waals surface area contributed by atoms with E-state index < -0.39 is 35.2 Å². The third-order valence-electron chi connectivity index (χ3n) is 11.1. The van der Waals surface area contributed by atoms with Crippen LogP contribution in [0.3, 0.4) is 0 Å². The minimum atomic E-state index is -4.76. The number of alkyl halides is 9. The number of halogens is 9. The third kappa shape index (κ3) is 6.57. The van der Waals surface area contributed by atoms with Crippen molar-refractivity contribution in [2.45, 2.75) is 32.4 Å². The van der Waals surface area contributed by atoms with Crippen LogP contribution in [0.4, 0.5) is 45.2 Å². The molecule has 9 aromatic rings. The maximum Gasteiger partial charge on any atom is 0.416 e. The Morgan fingerprint density at radius 1 is 0.468 bits per heavy atom. The van der Waals surface area contributed by atoms with E-state index in [2.05, 4.69) is 10.9 Å². The van der Waals surface area contributed by atoms with E-state index in [1.54, 1.807) is 76.7 Å². The first-order valence-electron chi connectivity index (χ1n) is 18.9. The van der Waals surface area contributed by atoms with Gasteiger partial charge in [-0.2, -0.15) is 44.8 Å². The number of aryl methyl sites for hydroxylation is 2.